The van der Waals surface area contributed by atoms with Crippen molar-refractivity contribution >= 4 is 17.7 Å². The van der Waals surface area contributed by atoms with Gasteiger partial charge in [0.2, 0.25) is 5.91 Å². The Kier molecular flexibility index (Phi) is 6.02. The molecule has 2 fully saturated rings. The van der Waals surface area contributed by atoms with Crippen LogP contribution in [0.4, 0.5) is 14.9 Å². The van der Waals surface area contributed by atoms with E-state index in [0.717, 1.165) is 17.9 Å². The lowest BCUT2D eigenvalue weighted by Gasteiger charge is -2.14. The van der Waals surface area contributed by atoms with Crippen LogP contribution in [0, 0.1) is 11.7 Å². The molecule has 0 spiro atoms. The van der Waals surface area contributed by atoms with Gasteiger partial charge in [-0.25, -0.2) is 9.18 Å². The third-order valence-electron chi connectivity index (χ3n) is 5.76. The van der Waals surface area contributed by atoms with Crippen LogP contribution in [0.15, 0.2) is 42.5 Å². The second-order valence-corrected chi connectivity index (χ2v) is 8.25. The van der Waals surface area contributed by atoms with Gasteiger partial charge in [0.05, 0.1) is 18.8 Å². The molecule has 4 rings (SSSR count). The molecule has 2 aromatic carbocycles. The molecule has 30 heavy (non-hydrogen) atoms. The predicted octanol–water partition coefficient (Wildman–Crippen LogP) is 4.69. The van der Waals surface area contributed by atoms with Crippen LogP contribution in [-0.4, -0.2) is 31.2 Å². The molecule has 0 radical (unpaired) electrons. The van der Waals surface area contributed by atoms with Gasteiger partial charge in [-0.05, 0) is 48.1 Å². The molecule has 1 atom stereocenters. The summed E-state index contributed by atoms with van der Waals surface area (Å²) in [5, 5.41) is 2.63. The van der Waals surface area contributed by atoms with Crippen molar-refractivity contribution in [2.24, 2.45) is 5.92 Å². The van der Waals surface area contributed by atoms with Crippen molar-refractivity contribution in [3.8, 4) is 11.1 Å². The molecule has 2 amide bonds. The van der Waals surface area contributed by atoms with Crippen LogP contribution in [-0.2, 0) is 16.0 Å². The Hall–Kier alpha value is -2.89. The van der Waals surface area contributed by atoms with E-state index in [1.807, 2.05) is 12.1 Å². The van der Waals surface area contributed by atoms with Crippen molar-refractivity contribution < 1.29 is 18.7 Å². The first kappa shape index (κ1) is 20.4. The van der Waals surface area contributed by atoms with E-state index in [-0.39, 0.29) is 24.8 Å². The van der Waals surface area contributed by atoms with E-state index in [1.54, 1.807) is 12.1 Å². The zero-order chi connectivity index (χ0) is 21.1. The normalized spacial score (nSPS) is 18.4. The van der Waals surface area contributed by atoms with E-state index in [4.69, 9.17) is 4.74 Å². The lowest BCUT2D eigenvalue weighted by Crippen LogP contribution is -2.33. The van der Waals surface area contributed by atoms with Gasteiger partial charge in [-0.2, -0.15) is 0 Å². The van der Waals surface area contributed by atoms with Gasteiger partial charge >= 0.3 is 6.09 Å². The molecule has 1 aliphatic heterocycles. The van der Waals surface area contributed by atoms with Crippen LogP contribution >= 0.6 is 0 Å². The summed E-state index contributed by atoms with van der Waals surface area (Å²) in [7, 11) is 0. The minimum atomic E-state index is -0.534. The first-order valence-electron chi connectivity index (χ1n) is 10.6. The molecule has 1 N–H and O–H groups in total. The van der Waals surface area contributed by atoms with Gasteiger partial charge in [0.25, 0.3) is 0 Å². The maximum absolute atomic E-state index is 14.8. The Morgan fingerprint density at radius 1 is 1.20 bits per heavy atom. The highest BCUT2D eigenvalue weighted by Gasteiger charge is 2.32. The second kappa shape index (κ2) is 8.86. The Bertz CT molecular complexity index is 925. The fourth-order valence-corrected chi connectivity index (χ4v) is 3.85. The van der Waals surface area contributed by atoms with Gasteiger partial charge in [-0.1, -0.05) is 43.5 Å². The third kappa shape index (κ3) is 4.99. The second-order valence-electron chi connectivity index (χ2n) is 8.25. The smallest absolute Gasteiger partial charge is 0.414 e. The highest BCUT2D eigenvalue weighted by atomic mass is 19.1. The largest absolute Gasteiger partial charge is 0.442 e. The van der Waals surface area contributed by atoms with Crippen molar-refractivity contribution in [2.75, 3.05) is 18.0 Å². The van der Waals surface area contributed by atoms with E-state index in [0.29, 0.717) is 11.3 Å². The molecule has 0 unspecified atom stereocenters. The molecule has 1 saturated heterocycles. The molecular weight excluding hydrogens is 383 g/mol. The lowest BCUT2D eigenvalue weighted by molar-refractivity contribution is -0.119. The minimum Gasteiger partial charge on any atom is -0.442 e. The average molecular weight is 410 g/mol. The molecule has 5 nitrogen and oxygen atoms in total. The molecular formula is C24H27FN2O3. The van der Waals surface area contributed by atoms with Crippen LogP contribution in [0.1, 0.15) is 38.2 Å². The number of ether oxygens (including phenoxy) is 1. The minimum absolute atomic E-state index is 0.186. The zero-order valence-corrected chi connectivity index (χ0v) is 17.2. The first-order valence-corrected chi connectivity index (χ1v) is 10.6. The van der Waals surface area contributed by atoms with Gasteiger partial charge in [-0.3, -0.25) is 9.69 Å². The van der Waals surface area contributed by atoms with Gasteiger partial charge in [0, 0.05) is 12.5 Å². The van der Waals surface area contributed by atoms with Crippen LogP contribution < -0.4 is 10.2 Å². The van der Waals surface area contributed by atoms with E-state index in [9.17, 15) is 14.0 Å². The van der Waals surface area contributed by atoms with Crippen LogP contribution in [0.5, 0.6) is 0 Å². The SMILES string of the molecule is CC(=O)NC[C@H]1CN(c2ccc(-c3ccc(CCCC4CC4)cc3)c(F)c2)C(=O)O1. The standard InChI is InChI=1S/C24H27FN2O3/c1-16(28)26-14-21-15-27(24(29)30-21)20-11-12-22(23(25)13-20)19-9-7-18(8-10-19)4-2-3-17-5-6-17/h7-13,17,21H,2-6,14-15H2,1H3,(H,26,28)/t21-/m0/s1. The van der Waals surface area contributed by atoms with Crippen molar-refractivity contribution in [2.45, 2.75) is 45.1 Å². The number of carbonyl (C=O) groups excluding carboxylic acids is 2. The summed E-state index contributed by atoms with van der Waals surface area (Å²) in [6, 6.07) is 12.8. The molecule has 0 bridgehead atoms. The summed E-state index contributed by atoms with van der Waals surface area (Å²) in [4.78, 5) is 24.6. The summed E-state index contributed by atoms with van der Waals surface area (Å²) in [5.41, 5.74) is 3.05. The quantitative estimate of drug-likeness (QED) is 0.687. The van der Waals surface area contributed by atoms with E-state index >= 15 is 0 Å². The third-order valence-corrected chi connectivity index (χ3v) is 5.76. The van der Waals surface area contributed by atoms with Crippen LogP contribution in [0.25, 0.3) is 11.1 Å². The fourth-order valence-electron chi connectivity index (χ4n) is 3.85. The number of carbonyl (C=O) groups is 2. The van der Waals surface area contributed by atoms with Crippen molar-refractivity contribution in [3.05, 3.63) is 53.8 Å². The van der Waals surface area contributed by atoms with Crippen molar-refractivity contribution in [1.82, 2.24) is 5.32 Å². The number of cyclic esters (lactones) is 1. The number of benzene rings is 2. The highest BCUT2D eigenvalue weighted by molar-refractivity contribution is 5.90. The van der Waals surface area contributed by atoms with Gasteiger partial charge in [-0.15, -0.1) is 0 Å². The number of anilines is 1. The summed E-state index contributed by atoms with van der Waals surface area (Å²) in [5.74, 6) is 0.381. The Labute approximate surface area is 176 Å². The molecule has 0 aromatic heterocycles. The molecule has 1 heterocycles. The Balaban J connectivity index is 1.40. The maximum Gasteiger partial charge on any atom is 0.414 e. The van der Waals surface area contributed by atoms with E-state index in [1.165, 1.54) is 49.1 Å². The molecule has 1 aliphatic carbocycles. The van der Waals surface area contributed by atoms with Crippen molar-refractivity contribution in [3.63, 3.8) is 0 Å². The summed E-state index contributed by atoms with van der Waals surface area (Å²) in [6.45, 7) is 1.92. The number of hydrogen-bond donors (Lipinski definition) is 1. The summed E-state index contributed by atoms with van der Waals surface area (Å²) >= 11 is 0. The van der Waals surface area contributed by atoms with Gasteiger partial charge in [0.1, 0.15) is 11.9 Å². The van der Waals surface area contributed by atoms with E-state index < -0.39 is 12.2 Å². The number of halogens is 1. The van der Waals surface area contributed by atoms with Crippen LogP contribution in [0.3, 0.4) is 0 Å². The average Bonchev–Trinajstić information content (AvgIpc) is 3.47. The Morgan fingerprint density at radius 3 is 2.63 bits per heavy atom. The number of hydrogen-bond acceptors (Lipinski definition) is 3. The number of rotatable bonds is 8. The zero-order valence-electron chi connectivity index (χ0n) is 17.2. The number of amides is 2. The monoisotopic (exact) mass is 410 g/mol. The summed E-state index contributed by atoms with van der Waals surface area (Å²) in [6.07, 6.45) is 5.38. The van der Waals surface area contributed by atoms with Crippen LogP contribution in [0.2, 0.25) is 0 Å². The fraction of sp³-hybridized carbons (Fsp3) is 0.417. The topological polar surface area (TPSA) is 58.6 Å². The maximum atomic E-state index is 14.8. The summed E-state index contributed by atoms with van der Waals surface area (Å²) < 4.78 is 20.1. The lowest BCUT2D eigenvalue weighted by atomic mass is 10.0. The van der Waals surface area contributed by atoms with Gasteiger partial charge < -0.3 is 10.1 Å². The number of nitrogens with one attached hydrogen (secondary N) is 1. The molecule has 1 saturated carbocycles. The number of nitrogens with zero attached hydrogens (tertiary/aromatic N) is 1. The molecule has 158 valence electrons. The highest BCUT2D eigenvalue weighted by Crippen LogP contribution is 2.34. The molecule has 6 heteroatoms. The predicted molar refractivity (Wildman–Crippen MR) is 114 cm³/mol. The number of aryl methyl sites for hydroxylation is 1. The first-order chi connectivity index (χ1) is 14.5. The molecule has 2 aromatic rings. The molecule has 2 aliphatic rings. The van der Waals surface area contributed by atoms with Crippen molar-refractivity contribution in [1.29, 1.82) is 0 Å². The van der Waals surface area contributed by atoms with E-state index in [2.05, 4.69) is 17.4 Å². The Morgan fingerprint density at radius 2 is 1.97 bits per heavy atom. The van der Waals surface area contributed by atoms with Gasteiger partial charge in [0.15, 0.2) is 0 Å².